The Kier molecular flexibility index (Phi) is 18.8. The molecule has 3 amide bonds. The Morgan fingerprint density at radius 1 is 0.783 bits per heavy atom. The van der Waals surface area contributed by atoms with E-state index >= 15 is 0 Å². The molecule has 2 rings (SSSR count). The monoisotopic (exact) mass is 639 g/mol. The number of carbonyl (C=O) groups excluding carboxylic acids is 4. The van der Waals surface area contributed by atoms with Crippen LogP contribution in [0.4, 0.5) is 4.79 Å². The zero-order valence-electron chi connectivity index (χ0n) is 26.1. The van der Waals surface area contributed by atoms with Gasteiger partial charge < -0.3 is 40.0 Å². The van der Waals surface area contributed by atoms with Crippen molar-refractivity contribution < 1.29 is 43.2 Å². The number of carbonyl (C=O) groups is 4. The van der Waals surface area contributed by atoms with Gasteiger partial charge in [-0.3, -0.25) is 9.59 Å². The molecule has 0 fully saturated rings. The Morgan fingerprint density at radius 3 is 2.07 bits per heavy atom. The van der Waals surface area contributed by atoms with Gasteiger partial charge in [-0.25, -0.2) is 9.59 Å². The molecule has 0 radical (unpaired) electrons. The maximum absolute atomic E-state index is 13.3. The molecular formula is C34H45N3O9. The van der Waals surface area contributed by atoms with Gasteiger partial charge in [-0.15, -0.1) is 13.2 Å². The normalized spacial score (nSPS) is 12.5. The number of nitrogens with one attached hydrogen (secondary N) is 3. The van der Waals surface area contributed by atoms with E-state index in [4.69, 9.17) is 24.1 Å². The molecule has 3 atom stereocenters. The molecule has 250 valence electrons. The summed E-state index contributed by atoms with van der Waals surface area (Å²) in [6.07, 6.45) is 2.43. The van der Waals surface area contributed by atoms with Crippen molar-refractivity contribution >= 4 is 23.9 Å². The molecule has 0 aliphatic carbocycles. The lowest BCUT2D eigenvalue weighted by molar-refractivity contribution is -0.148. The lowest BCUT2D eigenvalue weighted by Gasteiger charge is -2.23. The number of hydrogen-bond acceptors (Lipinski definition) is 9. The smallest absolute Gasteiger partial charge is 0.408 e. The van der Waals surface area contributed by atoms with Gasteiger partial charge in [0.2, 0.25) is 11.8 Å². The second kappa shape index (κ2) is 22.9. The average Bonchev–Trinajstić information content (AvgIpc) is 3.06. The Balaban J connectivity index is 2.00. The standard InChI is InChI=1S/C34H45N3O9/c1-3-11-28(21-31(39)35-17-19-43-20-18-38)32(40)36-29(24-44-22-26-13-7-5-8-14-26)25-45-33(41)30(12-4-2)37-34(42)46-23-27-15-9-6-10-16-27/h3-10,13-16,28-30,38H,1-2,11-12,17-25H2,(H,35,39)(H,36,40)(H,37,42)/t28-,29+,30-/m1/s1. The molecule has 0 aliphatic heterocycles. The number of allylic oxidation sites excluding steroid dienone is 1. The number of aliphatic hydroxyl groups is 1. The highest BCUT2D eigenvalue weighted by Gasteiger charge is 2.26. The second-order valence-corrected chi connectivity index (χ2v) is 10.2. The molecule has 0 heterocycles. The molecule has 0 saturated heterocycles. The lowest BCUT2D eigenvalue weighted by atomic mass is 9.99. The van der Waals surface area contributed by atoms with E-state index in [1.54, 1.807) is 18.2 Å². The highest BCUT2D eigenvalue weighted by molar-refractivity contribution is 5.86. The van der Waals surface area contributed by atoms with Crippen molar-refractivity contribution in [3.05, 3.63) is 97.1 Å². The van der Waals surface area contributed by atoms with Gasteiger partial charge in [0, 0.05) is 13.0 Å². The van der Waals surface area contributed by atoms with Gasteiger partial charge in [0.05, 0.1) is 45.0 Å². The summed E-state index contributed by atoms with van der Waals surface area (Å²) in [6.45, 7) is 7.87. The van der Waals surface area contributed by atoms with Crippen LogP contribution in [0, 0.1) is 5.92 Å². The van der Waals surface area contributed by atoms with Crippen LogP contribution in [0.5, 0.6) is 0 Å². The fraction of sp³-hybridized carbons (Fsp3) is 0.412. The number of amides is 3. The number of hydrogen-bond donors (Lipinski definition) is 4. The van der Waals surface area contributed by atoms with Crippen molar-refractivity contribution in [2.45, 2.75) is 44.6 Å². The number of aliphatic hydroxyl groups excluding tert-OH is 1. The highest BCUT2D eigenvalue weighted by atomic mass is 16.6. The summed E-state index contributed by atoms with van der Waals surface area (Å²) >= 11 is 0. The van der Waals surface area contributed by atoms with E-state index in [0.717, 1.165) is 11.1 Å². The number of ether oxygens (including phenoxy) is 4. The molecule has 12 heteroatoms. The molecule has 12 nitrogen and oxygen atoms in total. The molecule has 0 aliphatic rings. The predicted molar refractivity (Wildman–Crippen MR) is 171 cm³/mol. The van der Waals surface area contributed by atoms with Crippen molar-refractivity contribution in [1.29, 1.82) is 0 Å². The molecule has 0 aromatic heterocycles. The van der Waals surface area contributed by atoms with Gasteiger partial charge in [0.15, 0.2) is 0 Å². The van der Waals surface area contributed by atoms with Crippen molar-refractivity contribution in [2.75, 3.05) is 39.6 Å². The van der Waals surface area contributed by atoms with Gasteiger partial charge in [-0.2, -0.15) is 0 Å². The van der Waals surface area contributed by atoms with Crippen LogP contribution in [0.2, 0.25) is 0 Å². The molecule has 0 bridgehead atoms. The van der Waals surface area contributed by atoms with Gasteiger partial charge >= 0.3 is 12.1 Å². The largest absolute Gasteiger partial charge is 0.462 e. The summed E-state index contributed by atoms with van der Waals surface area (Å²) in [6, 6.07) is 16.7. The molecule has 4 N–H and O–H groups in total. The molecule has 2 aromatic rings. The van der Waals surface area contributed by atoms with Crippen LogP contribution in [0.3, 0.4) is 0 Å². The summed E-state index contributed by atoms with van der Waals surface area (Å²) < 4.78 is 21.7. The van der Waals surface area contributed by atoms with Crippen LogP contribution < -0.4 is 16.0 Å². The van der Waals surface area contributed by atoms with E-state index < -0.39 is 36.0 Å². The van der Waals surface area contributed by atoms with Gasteiger partial charge in [-0.05, 0) is 24.0 Å². The van der Waals surface area contributed by atoms with Crippen LogP contribution in [0.1, 0.15) is 30.4 Å². The van der Waals surface area contributed by atoms with E-state index in [-0.39, 0.29) is 78.0 Å². The molecule has 46 heavy (non-hydrogen) atoms. The van der Waals surface area contributed by atoms with E-state index in [9.17, 15) is 19.2 Å². The fourth-order valence-corrected chi connectivity index (χ4v) is 4.12. The minimum absolute atomic E-state index is 0.00177. The summed E-state index contributed by atoms with van der Waals surface area (Å²) in [5.41, 5.74) is 1.70. The van der Waals surface area contributed by atoms with Gasteiger partial charge in [-0.1, -0.05) is 72.8 Å². The van der Waals surface area contributed by atoms with Crippen LogP contribution in [0.15, 0.2) is 86.0 Å². The first-order valence-electron chi connectivity index (χ1n) is 15.1. The Hall–Kier alpha value is -4.52. The Bertz CT molecular complexity index is 1210. The SMILES string of the molecule is C=CC[C@H](CC(=O)NCCOCCO)C(=O)N[C@@H](COCc1ccccc1)COC(=O)[C@@H](CC=C)NC(=O)OCc1ccccc1. The van der Waals surface area contributed by atoms with Crippen LogP contribution in [-0.2, 0) is 46.5 Å². The third-order valence-corrected chi connectivity index (χ3v) is 6.45. The van der Waals surface area contributed by atoms with Gasteiger partial charge in [0.25, 0.3) is 0 Å². The van der Waals surface area contributed by atoms with E-state index in [1.165, 1.54) is 6.08 Å². The van der Waals surface area contributed by atoms with Crippen molar-refractivity contribution in [3.8, 4) is 0 Å². The van der Waals surface area contributed by atoms with E-state index in [1.807, 2.05) is 48.5 Å². The summed E-state index contributed by atoms with van der Waals surface area (Å²) in [5.74, 6) is -2.28. The minimum atomic E-state index is -1.07. The first-order valence-corrected chi connectivity index (χ1v) is 15.1. The highest BCUT2D eigenvalue weighted by Crippen LogP contribution is 2.11. The third-order valence-electron chi connectivity index (χ3n) is 6.45. The zero-order valence-corrected chi connectivity index (χ0v) is 26.1. The Morgan fingerprint density at radius 2 is 1.43 bits per heavy atom. The van der Waals surface area contributed by atoms with Gasteiger partial charge in [0.1, 0.15) is 19.3 Å². The maximum Gasteiger partial charge on any atom is 0.408 e. The molecule has 0 unspecified atom stereocenters. The van der Waals surface area contributed by atoms with Crippen molar-refractivity contribution in [1.82, 2.24) is 16.0 Å². The average molecular weight is 640 g/mol. The number of rotatable bonds is 23. The second-order valence-electron chi connectivity index (χ2n) is 10.2. The first kappa shape index (κ1) is 37.7. The summed E-state index contributed by atoms with van der Waals surface area (Å²) in [4.78, 5) is 51.1. The quantitative estimate of drug-likeness (QED) is 0.0814. The molecular weight excluding hydrogens is 594 g/mol. The third kappa shape index (κ3) is 16.0. The Labute approximate surface area is 270 Å². The first-order chi connectivity index (χ1) is 22.4. The number of alkyl carbamates (subject to hydrolysis) is 1. The zero-order chi connectivity index (χ0) is 33.4. The molecule has 0 saturated carbocycles. The maximum atomic E-state index is 13.3. The summed E-state index contributed by atoms with van der Waals surface area (Å²) in [5, 5.41) is 16.8. The van der Waals surface area contributed by atoms with E-state index in [2.05, 4.69) is 29.1 Å². The topological polar surface area (TPSA) is 162 Å². The number of esters is 1. The fourth-order valence-electron chi connectivity index (χ4n) is 4.12. The molecule has 0 spiro atoms. The number of benzene rings is 2. The van der Waals surface area contributed by atoms with Crippen LogP contribution in [-0.4, -0.2) is 80.6 Å². The van der Waals surface area contributed by atoms with E-state index in [0.29, 0.717) is 0 Å². The van der Waals surface area contributed by atoms with Crippen LogP contribution >= 0.6 is 0 Å². The minimum Gasteiger partial charge on any atom is -0.462 e. The molecule has 2 aromatic carbocycles. The summed E-state index contributed by atoms with van der Waals surface area (Å²) in [7, 11) is 0. The van der Waals surface area contributed by atoms with Crippen LogP contribution in [0.25, 0.3) is 0 Å². The predicted octanol–water partition coefficient (Wildman–Crippen LogP) is 2.81. The lowest BCUT2D eigenvalue weighted by Crippen LogP contribution is -2.47. The van der Waals surface area contributed by atoms with Crippen molar-refractivity contribution in [2.24, 2.45) is 5.92 Å². The van der Waals surface area contributed by atoms with Crippen molar-refractivity contribution in [3.63, 3.8) is 0 Å².